The maximum absolute atomic E-state index is 9.39. The molecule has 0 aliphatic rings. The molecule has 0 spiro atoms. The fourth-order valence-corrected chi connectivity index (χ4v) is 2.23. The first-order chi connectivity index (χ1) is 9.04. The molecule has 0 fully saturated rings. The predicted octanol–water partition coefficient (Wildman–Crippen LogP) is 3.26. The van der Waals surface area contributed by atoms with E-state index >= 15 is 0 Å². The molecular formula is C15H17ClN2O. The quantitative estimate of drug-likeness (QED) is 0.666. The van der Waals surface area contributed by atoms with Gasteiger partial charge in [0.1, 0.15) is 5.75 Å². The Hall–Kier alpha value is -1.71. The van der Waals surface area contributed by atoms with Gasteiger partial charge in [-0.25, -0.2) is 0 Å². The van der Waals surface area contributed by atoms with Crippen LogP contribution in [0.25, 0.3) is 0 Å². The van der Waals surface area contributed by atoms with Crippen LogP contribution in [0.5, 0.6) is 5.75 Å². The first-order valence-electron chi connectivity index (χ1n) is 6.05. The van der Waals surface area contributed by atoms with Crippen molar-refractivity contribution in [3.63, 3.8) is 0 Å². The van der Waals surface area contributed by atoms with E-state index in [1.165, 1.54) is 5.56 Å². The summed E-state index contributed by atoms with van der Waals surface area (Å²) in [6.45, 7) is 1.57. The molecule has 2 aromatic carbocycles. The molecule has 0 heterocycles. The lowest BCUT2D eigenvalue weighted by Gasteiger charge is -2.17. The molecule has 4 heteroatoms. The second-order valence-corrected chi connectivity index (χ2v) is 5.13. The van der Waals surface area contributed by atoms with Crippen molar-refractivity contribution in [2.75, 3.05) is 12.8 Å². The van der Waals surface area contributed by atoms with Crippen LogP contribution in [0.15, 0.2) is 42.5 Å². The van der Waals surface area contributed by atoms with E-state index in [4.69, 9.17) is 17.3 Å². The van der Waals surface area contributed by atoms with Gasteiger partial charge in [-0.3, -0.25) is 4.90 Å². The highest BCUT2D eigenvalue weighted by Crippen LogP contribution is 2.21. The van der Waals surface area contributed by atoms with Gasteiger partial charge >= 0.3 is 0 Å². The van der Waals surface area contributed by atoms with Crippen LogP contribution in [0.1, 0.15) is 11.1 Å². The SMILES string of the molecule is CN(Cc1cccc(Cl)c1)Cc1ccc(O)c(N)c1. The number of aromatic hydroxyl groups is 1. The number of phenolic OH excluding ortho intramolecular Hbond substituents is 1. The smallest absolute Gasteiger partial charge is 0.138 e. The summed E-state index contributed by atoms with van der Waals surface area (Å²) in [6.07, 6.45) is 0. The Labute approximate surface area is 118 Å². The summed E-state index contributed by atoms with van der Waals surface area (Å²) in [7, 11) is 2.03. The number of rotatable bonds is 4. The van der Waals surface area contributed by atoms with E-state index in [1.807, 2.05) is 37.4 Å². The van der Waals surface area contributed by atoms with Crippen molar-refractivity contribution in [3.05, 3.63) is 58.6 Å². The average molecular weight is 277 g/mol. The summed E-state index contributed by atoms with van der Waals surface area (Å²) >= 11 is 5.96. The minimum Gasteiger partial charge on any atom is -0.506 e. The van der Waals surface area contributed by atoms with Gasteiger partial charge < -0.3 is 10.8 Å². The molecule has 3 N–H and O–H groups in total. The number of hydrogen-bond acceptors (Lipinski definition) is 3. The molecule has 3 nitrogen and oxygen atoms in total. The molecular weight excluding hydrogens is 260 g/mol. The maximum atomic E-state index is 9.39. The molecule has 0 aliphatic carbocycles. The van der Waals surface area contributed by atoms with Crippen LogP contribution in [0.2, 0.25) is 5.02 Å². The van der Waals surface area contributed by atoms with Gasteiger partial charge in [-0.1, -0.05) is 29.8 Å². The van der Waals surface area contributed by atoms with Crippen LogP contribution in [-0.4, -0.2) is 17.1 Å². The number of nitrogen functional groups attached to an aromatic ring is 1. The number of benzene rings is 2. The molecule has 2 rings (SSSR count). The lowest BCUT2D eigenvalue weighted by atomic mass is 10.1. The Bertz CT molecular complexity index is 572. The van der Waals surface area contributed by atoms with Crippen molar-refractivity contribution in [1.29, 1.82) is 0 Å². The van der Waals surface area contributed by atoms with Gasteiger partial charge in [-0.2, -0.15) is 0 Å². The van der Waals surface area contributed by atoms with Gasteiger partial charge in [0, 0.05) is 18.1 Å². The molecule has 2 aromatic rings. The Kier molecular flexibility index (Phi) is 4.30. The van der Waals surface area contributed by atoms with Crippen molar-refractivity contribution in [2.24, 2.45) is 0 Å². The van der Waals surface area contributed by atoms with Crippen molar-refractivity contribution in [1.82, 2.24) is 4.90 Å². The second-order valence-electron chi connectivity index (χ2n) is 4.70. The fraction of sp³-hybridized carbons (Fsp3) is 0.200. The zero-order chi connectivity index (χ0) is 13.8. The molecule has 100 valence electrons. The first-order valence-corrected chi connectivity index (χ1v) is 6.43. The van der Waals surface area contributed by atoms with Crippen molar-refractivity contribution in [3.8, 4) is 5.75 Å². The van der Waals surface area contributed by atoms with Crippen LogP contribution in [0.4, 0.5) is 5.69 Å². The van der Waals surface area contributed by atoms with E-state index in [2.05, 4.69) is 4.90 Å². The lowest BCUT2D eigenvalue weighted by molar-refractivity contribution is 0.319. The van der Waals surface area contributed by atoms with Crippen molar-refractivity contribution in [2.45, 2.75) is 13.1 Å². The Morgan fingerprint density at radius 2 is 1.79 bits per heavy atom. The summed E-state index contributed by atoms with van der Waals surface area (Å²) in [4.78, 5) is 2.16. The number of halogens is 1. The molecule has 0 unspecified atom stereocenters. The highest BCUT2D eigenvalue weighted by molar-refractivity contribution is 6.30. The Morgan fingerprint density at radius 3 is 2.42 bits per heavy atom. The summed E-state index contributed by atoms with van der Waals surface area (Å²) in [5.74, 6) is 0.126. The zero-order valence-corrected chi connectivity index (χ0v) is 11.6. The third-order valence-corrected chi connectivity index (χ3v) is 3.12. The minimum absolute atomic E-state index is 0.126. The Balaban J connectivity index is 2.01. The van der Waals surface area contributed by atoms with Gasteiger partial charge in [0.05, 0.1) is 5.69 Å². The fourth-order valence-electron chi connectivity index (χ4n) is 2.02. The van der Waals surface area contributed by atoms with Gasteiger partial charge in [0.25, 0.3) is 0 Å². The molecule has 0 radical (unpaired) electrons. The number of phenols is 1. The number of anilines is 1. The average Bonchev–Trinajstić information content (AvgIpc) is 2.34. The summed E-state index contributed by atoms with van der Waals surface area (Å²) in [5, 5.41) is 10.1. The molecule has 0 saturated heterocycles. The van der Waals surface area contributed by atoms with Crippen LogP contribution in [0, 0.1) is 0 Å². The third kappa shape index (κ3) is 3.88. The predicted molar refractivity (Wildman–Crippen MR) is 79.1 cm³/mol. The van der Waals surface area contributed by atoms with E-state index in [-0.39, 0.29) is 5.75 Å². The van der Waals surface area contributed by atoms with Gasteiger partial charge in [-0.15, -0.1) is 0 Å². The lowest BCUT2D eigenvalue weighted by Crippen LogP contribution is -2.17. The molecule has 0 aliphatic heterocycles. The highest BCUT2D eigenvalue weighted by atomic mass is 35.5. The molecule has 0 aromatic heterocycles. The number of hydrogen-bond donors (Lipinski definition) is 2. The van der Waals surface area contributed by atoms with Gasteiger partial charge in [0.2, 0.25) is 0 Å². The number of nitrogens with two attached hydrogens (primary N) is 1. The summed E-state index contributed by atoms with van der Waals surface area (Å²) in [5.41, 5.74) is 8.33. The molecule has 19 heavy (non-hydrogen) atoms. The van der Waals surface area contributed by atoms with Crippen LogP contribution in [-0.2, 0) is 13.1 Å². The Morgan fingerprint density at radius 1 is 1.11 bits per heavy atom. The van der Waals surface area contributed by atoms with E-state index < -0.39 is 0 Å². The number of nitrogens with zero attached hydrogens (tertiary/aromatic N) is 1. The van der Waals surface area contributed by atoms with E-state index in [1.54, 1.807) is 12.1 Å². The summed E-state index contributed by atoms with van der Waals surface area (Å²) < 4.78 is 0. The minimum atomic E-state index is 0.126. The standard InChI is InChI=1S/C15H17ClN2O/c1-18(9-11-3-2-4-13(16)7-11)10-12-5-6-15(19)14(17)8-12/h2-8,19H,9-10,17H2,1H3. The zero-order valence-electron chi connectivity index (χ0n) is 10.8. The second kappa shape index (κ2) is 5.95. The topological polar surface area (TPSA) is 49.5 Å². The van der Waals surface area contributed by atoms with Crippen LogP contribution >= 0.6 is 11.6 Å². The maximum Gasteiger partial charge on any atom is 0.138 e. The normalized spacial score (nSPS) is 10.9. The largest absolute Gasteiger partial charge is 0.506 e. The van der Waals surface area contributed by atoms with E-state index in [9.17, 15) is 5.11 Å². The third-order valence-electron chi connectivity index (χ3n) is 2.89. The first kappa shape index (κ1) is 13.7. The van der Waals surface area contributed by atoms with Gasteiger partial charge in [-0.05, 0) is 42.4 Å². The molecule has 0 saturated carbocycles. The van der Waals surface area contributed by atoms with Crippen LogP contribution in [0.3, 0.4) is 0 Å². The summed E-state index contributed by atoms with van der Waals surface area (Å²) in [6, 6.07) is 13.1. The molecule has 0 atom stereocenters. The van der Waals surface area contributed by atoms with Gasteiger partial charge in [0.15, 0.2) is 0 Å². The highest BCUT2D eigenvalue weighted by Gasteiger charge is 2.04. The monoisotopic (exact) mass is 276 g/mol. The van der Waals surface area contributed by atoms with E-state index in [0.717, 1.165) is 23.7 Å². The van der Waals surface area contributed by atoms with Crippen molar-refractivity contribution < 1.29 is 5.11 Å². The van der Waals surface area contributed by atoms with Crippen molar-refractivity contribution >= 4 is 17.3 Å². The van der Waals surface area contributed by atoms with Crippen LogP contribution < -0.4 is 5.73 Å². The molecule has 0 bridgehead atoms. The van der Waals surface area contributed by atoms with E-state index in [0.29, 0.717) is 5.69 Å². The molecule has 0 amide bonds.